The van der Waals surface area contributed by atoms with Crippen LogP contribution in [0.3, 0.4) is 0 Å². The maximum absolute atomic E-state index is 12.0. The molecule has 3 rings (SSSR count). The Morgan fingerprint density at radius 2 is 1.91 bits per heavy atom. The van der Waals surface area contributed by atoms with Gasteiger partial charge in [0, 0.05) is 6.08 Å². The highest BCUT2D eigenvalue weighted by Crippen LogP contribution is 2.28. The van der Waals surface area contributed by atoms with Gasteiger partial charge in [0.1, 0.15) is 0 Å². The second kappa shape index (κ2) is 6.12. The summed E-state index contributed by atoms with van der Waals surface area (Å²) in [6.07, 6.45) is 3.33. The zero-order chi connectivity index (χ0) is 15.5. The summed E-state index contributed by atoms with van der Waals surface area (Å²) in [5.41, 5.74) is 4.29. The first-order valence-corrected chi connectivity index (χ1v) is 7.85. The molecule has 0 saturated heterocycles. The molecule has 1 N–H and O–H groups in total. The highest BCUT2D eigenvalue weighted by atomic mass is 32.1. The van der Waals surface area contributed by atoms with E-state index < -0.39 is 0 Å². The topological polar surface area (TPSA) is 42.0 Å². The SMILES string of the molecule is Cc1ccc(/C=C/C(=O)Nc2nc3cccc(C)c3s2)cc1. The molecule has 0 spiro atoms. The average molecular weight is 308 g/mol. The van der Waals surface area contributed by atoms with Crippen molar-refractivity contribution in [2.75, 3.05) is 5.32 Å². The van der Waals surface area contributed by atoms with E-state index in [9.17, 15) is 4.79 Å². The van der Waals surface area contributed by atoms with Crippen molar-refractivity contribution in [2.45, 2.75) is 13.8 Å². The second-order valence-corrected chi connectivity index (χ2v) is 6.17. The fourth-order valence-electron chi connectivity index (χ4n) is 2.14. The van der Waals surface area contributed by atoms with Gasteiger partial charge in [-0.15, -0.1) is 0 Å². The molecule has 0 radical (unpaired) electrons. The molecule has 0 unspecified atom stereocenters. The van der Waals surface area contributed by atoms with Crippen molar-refractivity contribution in [1.82, 2.24) is 4.98 Å². The van der Waals surface area contributed by atoms with E-state index in [4.69, 9.17) is 0 Å². The largest absolute Gasteiger partial charge is 0.298 e. The van der Waals surface area contributed by atoms with E-state index in [0.29, 0.717) is 5.13 Å². The smallest absolute Gasteiger partial charge is 0.250 e. The number of carbonyl (C=O) groups excluding carboxylic acids is 1. The molecule has 0 bridgehead atoms. The van der Waals surface area contributed by atoms with Crippen LogP contribution in [-0.2, 0) is 4.79 Å². The summed E-state index contributed by atoms with van der Waals surface area (Å²) in [5, 5.41) is 3.45. The third-order valence-corrected chi connectivity index (χ3v) is 4.47. The summed E-state index contributed by atoms with van der Waals surface area (Å²) in [5.74, 6) is -0.169. The average Bonchev–Trinajstić information content (AvgIpc) is 2.90. The number of hydrogen-bond acceptors (Lipinski definition) is 3. The number of benzene rings is 2. The Kier molecular flexibility index (Phi) is 4.02. The van der Waals surface area contributed by atoms with Gasteiger partial charge in [-0.2, -0.15) is 0 Å². The van der Waals surface area contributed by atoms with E-state index in [1.807, 2.05) is 56.3 Å². The van der Waals surface area contributed by atoms with E-state index in [1.165, 1.54) is 28.5 Å². The number of aryl methyl sites for hydroxylation is 2. The van der Waals surface area contributed by atoms with Crippen LogP contribution in [0.2, 0.25) is 0 Å². The Morgan fingerprint density at radius 3 is 2.64 bits per heavy atom. The normalized spacial score (nSPS) is 11.2. The molecule has 1 amide bonds. The van der Waals surface area contributed by atoms with Crippen LogP contribution in [0.1, 0.15) is 16.7 Å². The predicted molar refractivity (Wildman–Crippen MR) is 93.2 cm³/mol. The molecule has 3 nitrogen and oxygen atoms in total. The number of anilines is 1. The van der Waals surface area contributed by atoms with Crippen LogP contribution in [0.5, 0.6) is 0 Å². The number of carbonyl (C=O) groups is 1. The van der Waals surface area contributed by atoms with Crippen LogP contribution in [0, 0.1) is 13.8 Å². The summed E-state index contributed by atoms with van der Waals surface area (Å²) in [6, 6.07) is 14.0. The molecule has 0 fully saturated rings. The number of nitrogens with one attached hydrogen (secondary N) is 1. The van der Waals surface area contributed by atoms with Gasteiger partial charge < -0.3 is 0 Å². The molecule has 4 heteroatoms. The molecule has 0 aliphatic rings. The molecule has 1 aromatic heterocycles. The number of nitrogens with zero attached hydrogens (tertiary/aromatic N) is 1. The standard InChI is InChI=1S/C18H16N2OS/c1-12-6-8-14(9-7-12)10-11-16(21)20-18-19-15-5-3-4-13(2)17(15)22-18/h3-11H,1-2H3,(H,19,20,21)/b11-10+. The van der Waals surface area contributed by atoms with Gasteiger partial charge in [-0.05, 0) is 37.1 Å². The summed E-state index contributed by atoms with van der Waals surface area (Å²) >= 11 is 1.50. The Bertz CT molecular complexity index is 847. The maximum atomic E-state index is 12.0. The van der Waals surface area contributed by atoms with Crippen molar-refractivity contribution in [3.05, 3.63) is 65.2 Å². The van der Waals surface area contributed by atoms with Gasteiger partial charge in [-0.3, -0.25) is 10.1 Å². The van der Waals surface area contributed by atoms with E-state index in [1.54, 1.807) is 6.08 Å². The molecule has 0 aliphatic heterocycles. The molecule has 0 saturated carbocycles. The van der Waals surface area contributed by atoms with Crippen molar-refractivity contribution >= 4 is 38.7 Å². The van der Waals surface area contributed by atoms with E-state index in [2.05, 4.69) is 10.3 Å². The summed E-state index contributed by atoms with van der Waals surface area (Å²) in [6.45, 7) is 4.08. The molecule has 0 atom stereocenters. The van der Waals surface area contributed by atoms with Gasteiger partial charge in [-0.25, -0.2) is 4.98 Å². The van der Waals surface area contributed by atoms with Gasteiger partial charge >= 0.3 is 0 Å². The van der Waals surface area contributed by atoms with Crippen molar-refractivity contribution in [2.24, 2.45) is 0 Å². The lowest BCUT2D eigenvalue weighted by Gasteiger charge is -1.96. The number of hydrogen-bond donors (Lipinski definition) is 1. The third kappa shape index (κ3) is 3.23. The van der Waals surface area contributed by atoms with Gasteiger partial charge in [0.25, 0.3) is 0 Å². The maximum Gasteiger partial charge on any atom is 0.250 e. The van der Waals surface area contributed by atoms with Crippen LogP contribution in [-0.4, -0.2) is 10.9 Å². The molecule has 110 valence electrons. The lowest BCUT2D eigenvalue weighted by atomic mass is 10.1. The molecule has 0 aliphatic carbocycles. The summed E-state index contributed by atoms with van der Waals surface area (Å²) < 4.78 is 1.11. The van der Waals surface area contributed by atoms with Crippen molar-refractivity contribution in [3.63, 3.8) is 0 Å². The van der Waals surface area contributed by atoms with Gasteiger partial charge in [-0.1, -0.05) is 53.3 Å². The first kappa shape index (κ1) is 14.5. The monoisotopic (exact) mass is 308 g/mol. The molecule has 3 aromatic rings. The van der Waals surface area contributed by atoms with Crippen molar-refractivity contribution < 1.29 is 4.79 Å². The zero-order valence-corrected chi connectivity index (χ0v) is 13.3. The van der Waals surface area contributed by atoms with Crippen LogP contribution in [0.15, 0.2) is 48.5 Å². The Hall–Kier alpha value is -2.46. The predicted octanol–water partition coefficient (Wildman–Crippen LogP) is 4.57. The zero-order valence-electron chi connectivity index (χ0n) is 12.5. The summed E-state index contributed by atoms with van der Waals surface area (Å²) in [4.78, 5) is 16.4. The Balaban J connectivity index is 1.72. The van der Waals surface area contributed by atoms with Crippen molar-refractivity contribution in [1.29, 1.82) is 0 Å². The fraction of sp³-hybridized carbons (Fsp3) is 0.111. The first-order chi connectivity index (χ1) is 10.6. The van der Waals surface area contributed by atoms with E-state index in [0.717, 1.165) is 15.8 Å². The van der Waals surface area contributed by atoms with Gasteiger partial charge in [0.2, 0.25) is 5.91 Å². The van der Waals surface area contributed by atoms with E-state index in [-0.39, 0.29) is 5.91 Å². The Morgan fingerprint density at radius 1 is 1.14 bits per heavy atom. The highest BCUT2D eigenvalue weighted by Gasteiger charge is 2.07. The number of thiazole rings is 1. The van der Waals surface area contributed by atoms with Crippen molar-refractivity contribution in [3.8, 4) is 0 Å². The fourth-order valence-corrected chi connectivity index (χ4v) is 3.07. The number of amides is 1. The van der Waals surface area contributed by atoms with Gasteiger partial charge in [0.15, 0.2) is 5.13 Å². The molecular formula is C18H16N2OS. The number of rotatable bonds is 3. The minimum absolute atomic E-state index is 0.169. The molecule has 1 heterocycles. The van der Waals surface area contributed by atoms with Gasteiger partial charge in [0.05, 0.1) is 10.2 Å². The number of aromatic nitrogens is 1. The highest BCUT2D eigenvalue weighted by molar-refractivity contribution is 7.22. The lowest BCUT2D eigenvalue weighted by molar-refractivity contribution is -0.111. The van der Waals surface area contributed by atoms with Crippen LogP contribution in [0.25, 0.3) is 16.3 Å². The summed E-state index contributed by atoms with van der Waals surface area (Å²) in [7, 11) is 0. The molecule has 2 aromatic carbocycles. The lowest BCUT2D eigenvalue weighted by Crippen LogP contribution is -2.07. The van der Waals surface area contributed by atoms with E-state index >= 15 is 0 Å². The minimum atomic E-state index is -0.169. The quantitative estimate of drug-likeness (QED) is 0.720. The van der Waals surface area contributed by atoms with Crippen LogP contribution >= 0.6 is 11.3 Å². The Labute approximate surface area is 133 Å². The van der Waals surface area contributed by atoms with Crippen LogP contribution < -0.4 is 5.32 Å². The second-order valence-electron chi connectivity index (χ2n) is 5.18. The minimum Gasteiger partial charge on any atom is -0.298 e. The number of fused-ring (bicyclic) bond motifs is 1. The third-order valence-electron chi connectivity index (χ3n) is 3.35. The first-order valence-electron chi connectivity index (χ1n) is 7.04. The molecule has 22 heavy (non-hydrogen) atoms. The van der Waals surface area contributed by atoms with Crippen LogP contribution in [0.4, 0.5) is 5.13 Å². The molecular weight excluding hydrogens is 292 g/mol.